The first-order chi connectivity index (χ1) is 8.79. The van der Waals surface area contributed by atoms with Crippen LogP contribution in [0.5, 0.6) is 0 Å². The molecule has 0 spiro atoms. The fourth-order valence-corrected chi connectivity index (χ4v) is 2.72. The molecule has 2 rings (SSSR count). The van der Waals surface area contributed by atoms with E-state index in [0.717, 1.165) is 12.8 Å². The number of nitrogens with one attached hydrogen (secondary N) is 1. The Morgan fingerprint density at radius 3 is 3.00 bits per heavy atom. The zero-order chi connectivity index (χ0) is 12.8. The molecular formula is C10H17N5O2S. The van der Waals surface area contributed by atoms with Gasteiger partial charge in [0.1, 0.15) is 0 Å². The van der Waals surface area contributed by atoms with E-state index in [0.29, 0.717) is 23.5 Å². The van der Waals surface area contributed by atoms with Gasteiger partial charge in [-0.3, -0.25) is 4.79 Å². The first-order valence-electron chi connectivity index (χ1n) is 6.09. The predicted molar refractivity (Wildman–Crippen MR) is 66.0 cm³/mol. The molecule has 1 amide bonds. The van der Waals surface area contributed by atoms with Crippen LogP contribution in [-0.4, -0.2) is 49.6 Å². The van der Waals surface area contributed by atoms with E-state index in [1.807, 2.05) is 0 Å². The van der Waals surface area contributed by atoms with Crippen LogP contribution in [0.4, 0.5) is 0 Å². The van der Waals surface area contributed by atoms with Crippen molar-refractivity contribution in [1.82, 2.24) is 25.5 Å². The summed E-state index contributed by atoms with van der Waals surface area (Å²) in [4.78, 5) is 11.7. The summed E-state index contributed by atoms with van der Waals surface area (Å²) < 4.78 is 1.49. The van der Waals surface area contributed by atoms with Crippen LogP contribution in [0, 0.1) is 0 Å². The van der Waals surface area contributed by atoms with Crippen molar-refractivity contribution in [2.24, 2.45) is 0 Å². The van der Waals surface area contributed by atoms with Crippen molar-refractivity contribution in [3.63, 3.8) is 0 Å². The molecule has 2 N–H and O–H groups in total. The summed E-state index contributed by atoms with van der Waals surface area (Å²) in [7, 11) is 0. The van der Waals surface area contributed by atoms with E-state index in [1.165, 1.54) is 29.3 Å². The minimum absolute atomic E-state index is 0.0189. The largest absolute Gasteiger partial charge is 0.394 e. The zero-order valence-corrected chi connectivity index (χ0v) is 10.9. The van der Waals surface area contributed by atoms with Crippen LogP contribution in [0.2, 0.25) is 0 Å². The van der Waals surface area contributed by atoms with Crippen molar-refractivity contribution < 1.29 is 9.90 Å². The van der Waals surface area contributed by atoms with Gasteiger partial charge in [-0.2, -0.15) is 0 Å². The Morgan fingerprint density at radius 1 is 1.50 bits per heavy atom. The van der Waals surface area contributed by atoms with Crippen molar-refractivity contribution in [3.05, 3.63) is 0 Å². The van der Waals surface area contributed by atoms with Crippen molar-refractivity contribution in [2.45, 2.75) is 43.4 Å². The number of nitrogens with zero attached hydrogens (tertiary/aromatic N) is 4. The van der Waals surface area contributed by atoms with E-state index in [-0.39, 0.29) is 12.5 Å². The Morgan fingerprint density at radius 2 is 2.28 bits per heavy atom. The van der Waals surface area contributed by atoms with Gasteiger partial charge in [0.05, 0.1) is 18.9 Å². The average Bonchev–Trinajstić information content (AvgIpc) is 2.99. The fourth-order valence-electron chi connectivity index (χ4n) is 2.00. The molecule has 1 aromatic rings. The normalized spacial score (nSPS) is 16.1. The molecular weight excluding hydrogens is 254 g/mol. The minimum Gasteiger partial charge on any atom is -0.394 e. The standard InChI is InChI=1S/C10H17N5O2S/c16-6-5-15-10(12-13-14-15)18-7-9(17)11-8-3-1-2-4-8/h8,16H,1-7H2,(H,11,17). The lowest BCUT2D eigenvalue weighted by Gasteiger charge is -2.11. The number of aliphatic hydroxyl groups excluding tert-OH is 1. The number of hydrogen-bond acceptors (Lipinski definition) is 6. The van der Waals surface area contributed by atoms with Gasteiger partial charge in [-0.25, -0.2) is 4.68 Å². The van der Waals surface area contributed by atoms with E-state index in [4.69, 9.17) is 5.11 Å². The minimum atomic E-state index is -0.0210. The monoisotopic (exact) mass is 271 g/mol. The molecule has 1 aliphatic carbocycles. The second-order valence-corrected chi connectivity index (χ2v) is 5.19. The molecule has 1 heterocycles. The SMILES string of the molecule is O=C(CSc1nnnn1CCO)NC1CCCC1. The third kappa shape index (κ3) is 3.67. The lowest BCUT2D eigenvalue weighted by atomic mass is 10.2. The number of hydrogen-bond donors (Lipinski definition) is 2. The first-order valence-corrected chi connectivity index (χ1v) is 7.07. The van der Waals surface area contributed by atoms with E-state index < -0.39 is 0 Å². The van der Waals surface area contributed by atoms with Crippen molar-refractivity contribution in [2.75, 3.05) is 12.4 Å². The molecule has 0 aromatic carbocycles. The number of amides is 1. The molecule has 1 saturated carbocycles. The van der Waals surface area contributed by atoms with Crippen LogP contribution in [0.15, 0.2) is 5.16 Å². The van der Waals surface area contributed by atoms with Crippen molar-refractivity contribution in [1.29, 1.82) is 0 Å². The summed E-state index contributed by atoms with van der Waals surface area (Å²) in [6, 6.07) is 0.339. The Kier molecular flexibility index (Phi) is 4.94. The smallest absolute Gasteiger partial charge is 0.230 e. The summed E-state index contributed by atoms with van der Waals surface area (Å²) in [6.45, 7) is 0.326. The fraction of sp³-hybridized carbons (Fsp3) is 0.800. The third-order valence-electron chi connectivity index (χ3n) is 2.86. The van der Waals surface area contributed by atoms with Gasteiger partial charge in [0.2, 0.25) is 11.1 Å². The summed E-state index contributed by atoms with van der Waals surface area (Å²) in [5.74, 6) is 0.327. The summed E-state index contributed by atoms with van der Waals surface area (Å²) in [5, 5.41) is 23.5. The van der Waals surface area contributed by atoms with Gasteiger partial charge < -0.3 is 10.4 Å². The number of aromatic nitrogens is 4. The van der Waals surface area contributed by atoms with Crippen LogP contribution in [-0.2, 0) is 11.3 Å². The lowest BCUT2D eigenvalue weighted by Crippen LogP contribution is -2.33. The van der Waals surface area contributed by atoms with Gasteiger partial charge >= 0.3 is 0 Å². The molecule has 18 heavy (non-hydrogen) atoms. The molecule has 0 radical (unpaired) electrons. The highest BCUT2D eigenvalue weighted by Gasteiger charge is 2.17. The van der Waals surface area contributed by atoms with Gasteiger partial charge in [0, 0.05) is 6.04 Å². The molecule has 0 aliphatic heterocycles. The molecule has 0 atom stereocenters. The quantitative estimate of drug-likeness (QED) is 0.697. The number of rotatable bonds is 6. The number of carbonyl (C=O) groups is 1. The van der Waals surface area contributed by atoms with Crippen LogP contribution in [0.1, 0.15) is 25.7 Å². The maximum absolute atomic E-state index is 11.7. The highest BCUT2D eigenvalue weighted by molar-refractivity contribution is 7.99. The van der Waals surface area contributed by atoms with E-state index in [2.05, 4.69) is 20.8 Å². The van der Waals surface area contributed by atoms with E-state index >= 15 is 0 Å². The lowest BCUT2D eigenvalue weighted by molar-refractivity contribution is -0.119. The summed E-state index contributed by atoms with van der Waals surface area (Å²) in [6.07, 6.45) is 4.57. The average molecular weight is 271 g/mol. The molecule has 100 valence electrons. The molecule has 1 aliphatic rings. The second-order valence-electron chi connectivity index (χ2n) is 4.25. The molecule has 7 nitrogen and oxygen atoms in total. The Bertz CT molecular complexity index is 391. The predicted octanol–water partition coefficient (Wildman–Crippen LogP) is -0.184. The van der Waals surface area contributed by atoms with Crippen LogP contribution >= 0.6 is 11.8 Å². The first kappa shape index (κ1) is 13.3. The highest BCUT2D eigenvalue weighted by Crippen LogP contribution is 2.18. The van der Waals surface area contributed by atoms with Gasteiger partial charge in [-0.1, -0.05) is 24.6 Å². The topological polar surface area (TPSA) is 92.9 Å². The number of thioether (sulfide) groups is 1. The number of tetrazole rings is 1. The third-order valence-corrected chi connectivity index (χ3v) is 3.82. The zero-order valence-electron chi connectivity index (χ0n) is 10.1. The van der Waals surface area contributed by atoms with E-state index in [9.17, 15) is 4.79 Å². The summed E-state index contributed by atoms with van der Waals surface area (Å²) in [5.41, 5.74) is 0. The van der Waals surface area contributed by atoms with E-state index in [1.54, 1.807) is 0 Å². The molecule has 0 saturated heterocycles. The van der Waals surface area contributed by atoms with Crippen molar-refractivity contribution >= 4 is 17.7 Å². The van der Waals surface area contributed by atoms with Gasteiger partial charge in [0.25, 0.3) is 0 Å². The molecule has 8 heteroatoms. The van der Waals surface area contributed by atoms with Gasteiger partial charge in [-0.05, 0) is 23.3 Å². The van der Waals surface area contributed by atoms with Crippen LogP contribution < -0.4 is 5.32 Å². The van der Waals surface area contributed by atoms with Crippen LogP contribution in [0.25, 0.3) is 0 Å². The Balaban J connectivity index is 1.75. The van der Waals surface area contributed by atoms with Crippen LogP contribution in [0.3, 0.4) is 0 Å². The van der Waals surface area contributed by atoms with Gasteiger partial charge in [0.15, 0.2) is 0 Å². The molecule has 0 unspecified atom stereocenters. The maximum atomic E-state index is 11.7. The number of aliphatic hydroxyl groups is 1. The highest BCUT2D eigenvalue weighted by atomic mass is 32.2. The molecule has 0 bridgehead atoms. The maximum Gasteiger partial charge on any atom is 0.230 e. The number of carbonyl (C=O) groups excluding carboxylic acids is 1. The summed E-state index contributed by atoms with van der Waals surface area (Å²) >= 11 is 1.29. The Labute approximate surface area is 109 Å². The Hall–Kier alpha value is -1.15. The van der Waals surface area contributed by atoms with Gasteiger partial charge in [-0.15, -0.1) is 5.10 Å². The van der Waals surface area contributed by atoms with Crippen molar-refractivity contribution in [3.8, 4) is 0 Å². The second kappa shape index (κ2) is 6.69. The molecule has 1 fully saturated rings. The molecule has 1 aromatic heterocycles.